The minimum absolute atomic E-state index is 0. The molecule has 98 valence electrons. The van der Waals surface area contributed by atoms with Crippen molar-refractivity contribution >= 4 is 18.2 Å². The largest absolute Gasteiger partial charge is 0.486 e. The van der Waals surface area contributed by atoms with E-state index in [9.17, 15) is 4.79 Å². The predicted molar refractivity (Wildman–Crippen MR) is 72.7 cm³/mol. The number of para-hydroxylation sites is 1. The second-order valence-electron chi connectivity index (χ2n) is 5.18. The van der Waals surface area contributed by atoms with E-state index in [2.05, 4.69) is 11.9 Å². The molecule has 4 heteroatoms. The number of likely N-dealkylation sites (tertiary alicyclic amines) is 1. The van der Waals surface area contributed by atoms with Crippen molar-refractivity contribution in [2.45, 2.75) is 24.9 Å². The van der Waals surface area contributed by atoms with E-state index in [1.54, 1.807) is 0 Å². The van der Waals surface area contributed by atoms with Gasteiger partial charge in [0.1, 0.15) is 11.4 Å². The number of hydrogen-bond acceptors (Lipinski definition) is 3. The van der Waals surface area contributed by atoms with Crippen LogP contribution in [-0.4, -0.2) is 36.4 Å². The van der Waals surface area contributed by atoms with Crippen molar-refractivity contribution in [1.29, 1.82) is 0 Å². The zero-order valence-electron chi connectivity index (χ0n) is 10.5. The molecule has 0 bridgehead atoms. The first-order valence-corrected chi connectivity index (χ1v) is 6.18. The van der Waals surface area contributed by atoms with Crippen LogP contribution in [-0.2, 0) is 0 Å². The maximum absolute atomic E-state index is 12.1. The van der Waals surface area contributed by atoms with E-state index in [1.807, 2.05) is 24.3 Å². The summed E-state index contributed by atoms with van der Waals surface area (Å²) < 4.78 is 6.13. The van der Waals surface area contributed by atoms with Gasteiger partial charge in [0.05, 0.1) is 12.0 Å². The van der Waals surface area contributed by atoms with E-state index < -0.39 is 0 Å². The normalized spacial score (nSPS) is 21.9. The summed E-state index contributed by atoms with van der Waals surface area (Å²) in [5.74, 6) is 1.00. The molecule has 1 spiro atoms. The summed E-state index contributed by atoms with van der Waals surface area (Å²) in [7, 11) is 2.12. The van der Waals surface area contributed by atoms with Gasteiger partial charge in [-0.25, -0.2) is 0 Å². The lowest BCUT2D eigenvalue weighted by atomic mass is 9.82. The van der Waals surface area contributed by atoms with Crippen molar-refractivity contribution in [3.05, 3.63) is 29.8 Å². The third-order valence-electron chi connectivity index (χ3n) is 3.89. The van der Waals surface area contributed by atoms with Crippen LogP contribution < -0.4 is 4.74 Å². The number of benzene rings is 1. The quantitative estimate of drug-likeness (QED) is 0.724. The molecule has 1 fully saturated rings. The van der Waals surface area contributed by atoms with Crippen LogP contribution in [0, 0.1) is 0 Å². The molecule has 2 aliphatic rings. The summed E-state index contributed by atoms with van der Waals surface area (Å²) in [6, 6.07) is 7.60. The Labute approximate surface area is 114 Å². The Kier molecular flexibility index (Phi) is 3.64. The first-order valence-electron chi connectivity index (χ1n) is 6.18. The fraction of sp³-hybridized carbons (Fsp3) is 0.500. The number of carbonyl (C=O) groups is 1. The van der Waals surface area contributed by atoms with Gasteiger partial charge in [-0.05, 0) is 19.2 Å². The molecule has 18 heavy (non-hydrogen) atoms. The maximum atomic E-state index is 12.1. The van der Waals surface area contributed by atoms with Crippen molar-refractivity contribution in [3.8, 4) is 5.75 Å². The summed E-state index contributed by atoms with van der Waals surface area (Å²) in [5.41, 5.74) is 0.509. The van der Waals surface area contributed by atoms with Crippen LogP contribution in [0.5, 0.6) is 5.75 Å². The highest BCUT2D eigenvalue weighted by Gasteiger charge is 2.42. The van der Waals surface area contributed by atoms with E-state index in [4.69, 9.17) is 4.74 Å². The molecule has 0 saturated carbocycles. The molecule has 0 radical (unpaired) electrons. The van der Waals surface area contributed by atoms with Crippen LogP contribution in [0.2, 0.25) is 0 Å². The Morgan fingerprint density at radius 3 is 2.61 bits per heavy atom. The summed E-state index contributed by atoms with van der Waals surface area (Å²) >= 11 is 0. The summed E-state index contributed by atoms with van der Waals surface area (Å²) in [6.45, 7) is 2.02. The summed E-state index contributed by atoms with van der Waals surface area (Å²) in [4.78, 5) is 14.4. The van der Waals surface area contributed by atoms with Crippen molar-refractivity contribution in [3.63, 3.8) is 0 Å². The molecule has 3 nitrogen and oxygen atoms in total. The number of hydrogen-bond donors (Lipinski definition) is 0. The van der Waals surface area contributed by atoms with Gasteiger partial charge >= 0.3 is 0 Å². The van der Waals surface area contributed by atoms with Crippen molar-refractivity contribution < 1.29 is 9.53 Å². The number of fused-ring (bicyclic) bond motifs is 1. The number of rotatable bonds is 0. The zero-order valence-corrected chi connectivity index (χ0v) is 11.3. The summed E-state index contributed by atoms with van der Waals surface area (Å²) in [5, 5.41) is 0. The molecule has 1 aromatic rings. The molecule has 2 heterocycles. The van der Waals surface area contributed by atoms with Crippen LogP contribution in [0.15, 0.2) is 24.3 Å². The Morgan fingerprint density at radius 2 is 1.89 bits per heavy atom. The lowest BCUT2D eigenvalue weighted by Crippen LogP contribution is -2.50. The SMILES string of the molecule is CN1CCC2(CC1)CC(=O)c1ccccc1O2.Cl. The van der Waals surface area contributed by atoms with Gasteiger partial charge in [-0.1, -0.05) is 12.1 Å². The average molecular weight is 268 g/mol. The highest BCUT2D eigenvalue weighted by molar-refractivity contribution is 6.00. The number of carbonyl (C=O) groups excluding carboxylic acids is 1. The molecule has 0 aromatic heterocycles. The van der Waals surface area contributed by atoms with Gasteiger partial charge in [0.2, 0.25) is 0 Å². The second kappa shape index (κ2) is 4.90. The second-order valence-corrected chi connectivity index (χ2v) is 5.18. The standard InChI is InChI=1S/C14H17NO2.ClH/c1-15-8-6-14(7-9-15)10-12(16)11-4-2-3-5-13(11)17-14;/h2-5H,6-10H2,1H3;1H. The highest BCUT2D eigenvalue weighted by Crippen LogP contribution is 2.38. The number of halogens is 1. The van der Waals surface area contributed by atoms with E-state index in [-0.39, 0.29) is 23.8 Å². The van der Waals surface area contributed by atoms with E-state index in [0.717, 1.165) is 37.2 Å². The van der Waals surface area contributed by atoms with Crippen molar-refractivity contribution in [2.75, 3.05) is 20.1 Å². The molecule has 0 unspecified atom stereocenters. The fourth-order valence-electron chi connectivity index (χ4n) is 2.75. The molecule has 2 aliphatic heterocycles. The molecule has 1 saturated heterocycles. The lowest BCUT2D eigenvalue weighted by Gasteiger charge is -2.43. The van der Waals surface area contributed by atoms with Crippen molar-refractivity contribution in [1.82, 2.24) is 4.90 Å². The molecular weight excluding hydrogens is 250 g/mol. The smallest absolute Gasteiger partial charge is 0.170 e. The number of Topliss-reactive ketones (excluding diaryl/α,β-unsaturated/α-hetero) is 1. The minimum atomic E-state index is -0.238. The van der Waals surface area contributed by atoms with Crippen LogP contribution in [0.1, 0.15) is 29.6 Å². The molecule has 0 N–H and O–H groups in total. The zero-order chi connectivity index (χ0) is 11.9. The van der Waals surface area contributed by atoms with Gasteiger partial charge in [-0.2, -0.15) is 0 Å². The first kappa shape index (κ1) is 13.4. The van der Waals surface area contributed by atoms with Gasteiger partial charge in [0.25, 0.3) is 0 Å². The number of ether oxygens (including phenoxy) is 1. The van der Waals surface area contributed by atoms with Gasteiger partial charge in [0, 0.05) is 25.9 Å². The minimum Gasteiger partial charge on any atom is -0.486 e. The van der Waals surface area contributed by atoms with E-state index in [0.29, 0.717) is 6.42 Å². The third-order valence-corrected chi connectivity index (χ3v) is 3.89. The monoisotopic (exact) mass is 267 g/mol. The van der Waals surface area contributed by atoms with E-state index >= 15 is 0 Å². The summed E-state index contributed by atoms with van der Waals surface area (Å²) in [6.07, 6.45) is 2.44. The van der Waals surface area contributed by atoms with Crippen molar-refractivity contribution in [2.24, 2.45) is 0 Å². The molecular formula is C14H18ClNO2. The fourth-order valence-corrected chi connectivity index (χ4v) is 2.75. The van der Waals surface area contributed by atoms with Crippen LogP contribution in [0.3, 0.4) is 0 Å². The van der Waals surface area contributed by atoms with Gasteiger partial charge in [-0.3, -0.25) is 4.79 Å². The topological polar surface area (TPSA) is 29.5 Å². The number of nitrogens with zero attached hydrogens (tertiary/aromatic N) is 1. The Balaban J connectivity index is 0.00000120. The van der Waals surface area contributed by atoms with Gasteiger partial charge < -0.3 is 9.64 Å². The number of ketones is 1. The molecule has 0 aliphatic carbocycles. The van der Waals surface area contributed by atoms with Crippen LogP contribution >= 0.6 is 12.4 Å². The third kappa shape index (κ3) is 2.25. The Hall–Kier alpha value is -1.06. The van der Waals surface area contributed by atoms with Gasteiger partial charge in [0.15, 0.2) is 5.78 Å². The highest BCUT2D eigenvalue weighted by atomic mass is 35.5. The maximum Gasteiger partial charge on any atom is 0.170 e. The predicted octanol–water partition coefficient (Wildman–Crippen LogP) is 2.54. The average Bonchev–Trinajstić information content (AvgIpc) is 2.34. The van der Waals surface area contributed by atoms with E-state index in [1.165, 1.54) is 0 Å². The van der Waals surface area contributed by atoms with Crippen LogP contribution in [0.4, 0.5) is 0 Å². The van der Waals surface area contributed by atoms with Crippen LogP contribution in [0.25, 0.3) is 0 Å². The first-order chi connectivity index (χ1) is 8.19. The Bertz CT molecular complexity index is 453. The molecule has 0 atom stereocenters. The Morgan fingerprint density at radius 1 is 1.22 bits per heavy atom. The molecule has 0 amide bonds. The van der Waals surface area contributed by atoms with Gasteiger partial charge in [-0.15, -0.1) is 12.4 Å². The number of piperidine rings is 1. The lowest BCUT2D eigenvalue weighted by molar-refractivity contribution is -0.00367. The molecule has 1 aromatic carbocycles. The molecule has 3 rings (SSSR count).